The van der Waals surface area contributed by atoms with Crippen LogP contribution in [-0.2, 0) is 14.6 Å². The molecule has 2 aliphatic heterocycles. The van der Waals surface area contributed by atoms with Gasteiger partial charge in [-0.25, -0.2) is 8.42 Å². The fourth-order valence-corrected chi connectivity index (χ4v) is 4.07. The third-order valence-corrected chi connectivity index (χ3v) is 5.26. The predicted molar refractivity (Wildman–Crippen MR) is 53.8 cm³/mol. The minimum atomic E-state index is -2.81. The van der Waals surface area contributed by atoms with Crippen molar-refractivity contribution in [2.45, 2.75) is 43.7 Å². The maximum atomic E-state index is 11.5. The minimum absolute atomic E-state index is 0.0529. The second-order valence-corrected chi connectivity index (χ2v) is 6.66. The van der Waals surface area contributed by atoms with Gasteiger partial charge in [-0.15, -0.1) is 0 Å². The monoisotopic (exact) mass is 219 g/mol. The van der Waals surface area contributed by atoms with Crippen molar-refractivity contribution in [3.63, 3.8) is 0 Å². The Balaban J connectivity index is 1.92. The maximum Gasteiger partial charge on any atom is 0.153 e. The number of hydrogen-bond acceptors (Lipinski definition) is 4. The molecule has 1 N–H and O–H groups in total. The van der Waals surface area contributed by atoms with E-state index in [4.69, 9.17) is 4.74 Å². The first-order valence-corrected chi connectivity index (χ1v) is 6.89. The number of hydrogen-bond donors (Lipinski definition) is 1. The van der Waals surface area contributed by atoms with Crippen LogP contribution in [0.25, 0.3) is 0 Å². The van der Waals surface area contributed by atoms with Crippen molar-refractivity contribution in [3.05, 3.63) is 0 Å². The lowest BCUT2D eigenvalue weighted by Crippen LogP contribution is -2.33. The van der Waals surface area contributed by atoms with E-state index in [2.05, 4.69) is 5.32 Å². The van der Waals surface area contributed by atoms with Crippen molar-refractivity contribution >= 4 is 9.84 Å². The van der Waals surface area contributed by atoms with Gasteiger partial charge in [-0.1, -0.05) is 0 Å². The van der Waals surface area contributed by atoms with Gasteiger partial charge in [0.05, 0.1) is 17.6 Å². The Morgan fingerprint density at radius 1 is 1.50 bits per heavy atom. The van der Waals surface area contributed by atoms with Crippen molar-refractivity contribution < 1.29 is 13.2 Å². The molecule has 3 unspecified atom stereocenters. The van der Waals surface area contributed by atoms with E-state index in [9.17, 15) is 8.42 Å². The highest BCUT2D eigenvalue weighted by Gasteiger charge is 2.35. The smallest absolute Gasteiger partial charge is 0.153 e. The lowest BCUT2D eigenvalue weighted by molar-refractivity contribution is 0.0924. The molecule has 5 heteroatoms. The quantitative estimate of drug-likeness (QED) is 0.725. The summed E-state index contributed by atoms with van der Waals surface area (Å²) in [7, 11) is -2.81. The van der Waals surface area contributed by atoms with Crippen molar-refractivity contribution in [1.82, 2.24) is 5.32 Å². The number of sulfone groups is 1. The molecule has 2 saturated heterocycles. The van der Waals surface area contributed by atoms with E-state index in [0.29, 0.717) is 24.8 Å². The Kier molecular flexibility index (Phi) is 2.81. The van der Waals surface area contributed by atoms with Crippen LogP contribution in [0.5, 0.6) is 0 Å². The van der Waals surface area contributed by atoms with Gasteiger partial charge in [0, 0.05) is 12.5 Å². The second kappa shape index (κ2) is 3.79. The van der Waals surface area contributed by atoms with E-state index >= 15 is 0 Å². The summed E-state index contributed by atoms with van der Waals surface area (Å²) in [5.74, 6) is 0.361. The Morgan fingerprint density at radius 3 is 2.79 bits per heavy atom. The lowest BCUT2D eigenvalue weighted by atomic mass is 10.2. The summed E-state index contributed by atoms with van der Waals surface area (Å²) in [4.78, 5) is 0. The largest absolute Gasteiger partial charge is 0.362 e. The standard InChI is InChI=1S/C9H17NO3S/c1-7-6-13-9(10-7)5-8-3-2-4-14(8,11)12/h7-10H,2-6H2,1H3. The first-order chi connectivity index (χ1) is 6.58. The lowest BCUT2D eigenvalue weighted by Gasteiger charge is -2.15. The number of rotatable bonds is 2. The average molecular weight is 219 g/mol. The van der Waals surface area contributed by atoms with E-state index in [0.717, 1.165) is 12.8 Å². The van der Waals surface area contributed by atoms with E-state index in [1.165, 1.54) is 0 Å². The van der Waals surface area contributed by atoms with Gasteiger partial charge in [-0.3, -0.25) is 5.32 Å². The summed E-state index contributed by atoms with van der Waals surface area (Å²) < 4.78 is 28.5. The van der Waals surface area contributed by atoms with Gasteiger partial charge in [0.25, 0.3) is 0 Å². The van der Waals surface area contributed by atoms with Crippen LogP contribution in [0.15, 0.2) is 0 Å². The van der Waals surface area contributed by atoms with E-state index < -0.39 is 9.84 Å². The molecule has 0 saturated carbocycles. The molecule has 2 fully saturated rings. The zero-order chi connectivity index (χ0) is 10.2. The molecular weight excluding hydrogens is 202 g/mol. The zero-order valence-corrected chi connectivity index (χ0v) is 9.22. The van der Waals surface area contributed by atoms with Crippen LogP contribution in [0, 0.1) is 0 Å². The molecule has 0 bridgehead atoms. The molecule has 0 aromatic rings. The van der Waals surface area contributed by atoms with Crippen molar-refractivity contribution in [2.24, 2.45) is 0 Å². The predicted octanol–water partition coefficient (Wildman–Crippen LogP) is 0.288. The maximum absolute atomic E-state index is 11.5. The van der Waals surface area contributed by atoms with Crippen LogP contribution in [0.1, 0.15) is 26.2 Å². The van der Waals surface area contributed by atoms with Gasteiger partial charge in [-0.05, 0) is 19.8 Å². The zero-order valence-electron chi connectivity index (χ0n) is 8.40. The van der Waals surface area contributed by atoms with Crippen LogP contribution in [0.4, 0.5) is 0 Å². The Labute approximate surface area is 84.9 Å². The summed E-state index contributed by atoms with van der Waals surface area (Å²) in [5, 5.41) is 3.06. The van der Waals surface area contributed by atoms with Gasteiger partial charge < -0.3 is 4.74 Å². The summed E-state index contributed by atoms with van der Waals surface area (Å²) in [6.07, 6.45) is 2.18. The minimum Gasteiger partial charge on any atom is -0.362 e. The molecule has 2 aliphatic rings. The highest BCUT2D eigenvalue weighted by atomic mass is 32.2. The Morgan fingerprint density at radius 2 is 2.29 bits per heavy atom. The van der Waals surface area contributed by atoms with Gasteiger partial charge in [0.15, 0.2) is 9.84 Å². The fraction of sp³-hybridized carbons (Fsp3) is 1.00. The summed E-state index contributed by atoms with van der Waals surface area (Å²) in [6.45, 7) is 2.74. The summed E-state index contributed by atoms with van der Waals surface area (Å²) in [6, 6.07) is 0.351. The van der Waals surface area contributed by atoms with E-state index in [-0.39, 0.29) is 11.5 Å². The highest BCUT2D eigenvalue weighted by Crippen LogP contribution is 2.25. The van der Waals surface area contributed by atoms with Crippen molar-refractivity contribution in [3.8, 4) is 0 Å². The van der Waals surface area contributed by atoms with Gasteiger partial charge >= 0.3 is 0 Å². The molecule has 2 rings (SSSR count). The molecule has 0 aliphatic carbocycles. The molecule has 2 heterocycles. The van der Waals surface area contributed by atoms with Crippen LogP contribution >= 0.6 is 0 Å². The van der Waals surface area contributed by atoms with Crippen LogP contribution in [-0.4, -0.2) is 38.3 Å². The molecule has 0 aromatic heterocycles. The van der Waals surface area contributed by atoms with E-state index in [1.54, 1.807) is 0 Å². The molecule has 4 nitrogen and oxygen atoms in total. The first kappa shape index (κ1) is 10.4. The third kappa shape index (κ3) is 2.10. The van der Waals surface area contributed by atoms with Gasteiger partial charge in [-0.2, -0.15) is 0 Å². The number of nitrogens with one attached hydrogen (secondary N) is 1. The third-order valence-electron chi connectivity index (χ3n) is 2.96. The highest BCUT2D eigenvalue weighted by molar-refractivity contribution is 7.92. The first-order valence-electron chi connectivity index (χ1n) is 5.17. The van der Waals surface area contributed by atoms with Crippen molar-refractivity contribution in [2.75, 3.05) is 12.4 Å². The summed E-state index contributed by atoms with van der Waals surface area (Å²) >= 11 is 0. The fourth-order valence-electron chi connectivity index (χ4n) is 2.17. The Hall–Kier alpha value is -0.130. The van der Waals surface area contributed by atoms with E-state index in [1.807, 2.05) is 6.92 Å². The number of ether oxygens (including phenoxy) is 1. The molecule has 0 spiro atoms. The SMILES string of the molecule is CC1COC(CC2CCCS2(=O)=O)N1. The molecule has 3 atom stereocenters. The van der Waals surface area contributed by atoms with Crippen LogP contribution in [0.2, 0.25) is 0 Å². The molecular formula is C9H17NO3S. The summed E-state index contributed by atoms with van der Waals surface area (Å²) in [5.41, 5.74) is 0. The Bertz CT molecular complexity index is 301. The second-order valence-electron chi connectivity index (χ2n) is 4.26. The van der Waals surface area contributed by atoms with Crippen molar-refractivity contribution in [1.29, 1.82) is 0 Å². The normalized spacial score (nSPS) is 41.6. The molecule has 0 amide bonds. The molecule has 14 heavy (non-hydrogen) atoms. The molecule has 0 aromatic carbocycles. The van der Waals surface area contributed by atoms with Crippen LogP contribution in [0.3, 0.4) is 0 Å². The van der Waals surface area contributed by atoms with Gasteiger partial charge in [0.1, 0.15) is 6.23 Å². The molecule has 82 valence electrons. The average Bonchev–Trinajstić information content (AvgIpc) is 2.61. The van der Waals surface area contributed by atoms with Gasteiger partial charge in [0.2, 0.25) is 0 Å². The molecule has 0 radical (unpaired) electrons. The van der Waals surface area contributed by atoms with Crippen LogP contribution < -0.4 is 5.32 Å². The topological polar surface area (TPSA) is 55.4 Å².